The predicted molar refractivity (Wildman–Crippen MR) is 76.0 cm³/mol. The number of carbonyl (C=O) groups is 1. The van der Waals surface area contributed by atoms with Crippen LogP contribution < -0.4 is 4.74 Å². The van der Waals surface area contributed by atoms with Crippen LogP contribution in [0.3, 0.4) is 0 Å². The number of non-ortho nitro benzene ring substituents is 1. The Hall–Kier alpha value is -2.37. The molecule has 0 spiro atoms. The monoisotopic (exact) mass is 278 g/mol. The van der Waals surface area contributed by atoms with Crippen molar-refractivity contribution in [2.45, 2.75) is 13.8 Å². The molecular weight excluding hydrogens is 260 g/mol. The first-order valence-corrected chi connectivity index (χ1v) is 6.16. The van der Waals surface area contributed by atoms with Crippen molar-refractivity contribution in [3.8, 4) is 5.75 Å². The van der Waals surface area contributed by atoms with Crippen LogP contribution in [0.25, 0.3) is 0 Å². The van der Waals surface area contributed by atoms with E-state index >= 15 is 0 Å². The van der Waals surface area contributed by atoms with Crippen LogP contribution in [-0.4, -0.2) is 35.9 Å². The second-order valence-electron chi connectivity index (χ2n) is 4.42. The van der Waals surface area contributed by atoms with Crippen LogP contribution in [0.1, 0.15) is 24.2 Å². The second kappa shape index (κ2) is 6.70. The van der Waals surface area contributed by atoms with E-state index in [4.69, 9.17) is 4.74 Å². The lowest BCUT2D eigenvalue weighted by molar-refractivity contribution is -0.384. The van der Waals surface area contributed by atoms with E-state index in [1.54, 1.807) is 4.90 Å². The van der Waals surface area contributed by atoms with Gasteiger partial charge in [-0.25, -0.2) is 0 Å². The number of rotatable bonds is 6. The molecule has 0 unspecified atom stereocenters. The lowest BCUT2D eigenvalue weighted by Gasteiger charge is -2.21. The molecular formula is C14H18N2O4. The first kappa shape index (κ1) is 15.7. The quantitative estimate of drug-likeness (QED) is 0.455. The Morgan fingerprint density at radius 3 is 2.60 bits per heavy atom. The molecule has 0 aliphatic carbocycles. The molecule has 0 bridgehead atoms. The molecule has 6 nitrogen and oxygen atoms in total. The van der Waals surface area contributed by atoms with Crippen molar-refractivity contribution < 1.29 is 14.5 Å². The van der Waals surface area contributed by atoms with Crippen molar-refractivity contribution in [3.05, 3.63) is 46.0 Å². The van der Waals surface area contributed by atoms with Gasteiger partial charge in [-0.3, -0.25) is 14.9 Å². The molecule has 0 heterocycles. The fraction of sp³-hybridized carbons (Fsp3) is 0.357. The number of nitro benzene ring substituents is 1. The predicted octanol–water partition coefficient (Wildman–Crippen LogP) is 2.64. The highest BCUT2D eigenvalue weighted by molar-refractivity contribution is 5.97. The van der Waals surface area contributed by atoms with Crippen molar-refractivity contribution in [3.63, 3.8) is 0 Å². The number of nitrogens with zero attached hydrogens (tertiary/aromatic N) is 2. The lowest BCUT2D eigenvalue weighted by Crippen LogP contribution is -2.32. The van der Waals surface area contributed by atoms with Crippen LogP contribution in [-0.2, 0) is 0 Å². The van der Waals surface area contributed by atoms with E-state index in [-0.39, 0.29) is 17.2 Å². The van der Waals surface area contributed by atoms with E-state index in [2.05, 4.69) is 6.58 Å². The van der Waals surface area contributed by atoms with Crippen molar-refractivity contribution >= 4 is 11.6 Å². The average Bonchev–Trinajstić information content (AvgIpc) is 2.42. The molecule has 0 fully saturated rings. The number of methoxy groups -OCH3 is 1. The Morgan fingerprint density at radius 1 is 1.50 bits per heavy atom. The van der Waals surface area contributed by atoms with Gasteiger partial charge in [-0.1, -0.05) is 12.2 Å². The molecule has 0 atom stereocenters. The highest BCUT2D eigenvalue weighted by atomic mass is 16.6. The van der Waals surface area contributed by atoms with E-state index in [0.29, 0.717) is 18.8 Å². The van der Waals surface area contributed by atoms with Gasteiger partial charge in [0.1, 0.15) is 5.75 Å². The molecule has 1 amide bonds. The number of carbonyl (C=O) groups excluding carboxylic acids is 1. The third kappa shape index (κ3) is 3.57. The minimum Gasteiger partial charge on any atom is -0.496 e. The summed E-state index contributed by atoms with van der Waals surface area (Å²) in [5.41, 5.74) is 0.884. The Balaban J connectivity index is 3.20. The second-order valence-corrected chi connectivity index (χ2v) is 4.42. The molecule has 0 saturated carbocycles. The first-order chi connectivity index (χ1) is 9.40. The minimum atomic E-state index is -0.536. The highest BCUT2D eigenvalue weighted by Gasteiger charge is 2.21. The van der Waals surface area contributed by atoms with Gasteiger partial charge < -0.3 is 9.64 Å². The fourth-order valence-corrected chi connectivity index (χ4v) is 1.80. The number of benzene rings is 1. The molecule has 0 aliphatic rings. The summed E-state index contributed by atoms with van der Waals surface area (Å²) in [5.74, 6) is 0.0109. The van der Waals surface area contributed by atoms with E-state index in [1.807, 2.05) is 13.8 Å². The van der Waals surface area contributed by atoms with E-state index in [0.717, 1.165) is 5.57 Å². The normalized spacial score (nSPS) is 9.95. The van der Waals surface area contributed by atoms with Crippen LogP contribution in [0.15, 0.2) is 30.4 Å². The molecule has 1 aromatic rings. The standard InChI is InChI=1S/C14H18N2O4/c1-5-15(9-10(2)3)14(17)12-8-11(16(18)19)6-7-13(12)20-4/h6-8H,2,5,9H2,1,3-4H3. The van der Waals surface area contributed by atoms with E-state index in [1.165, 1.54) is 25.3 Å². The van der Waals surface area contributed by atoms with E-state index in [9.17, 15) is 14.9 Å². The van der Waals surface area contributed by atoms with Gasteiger partial charge in [0.05, 0.1) is 17.6 Å². The third-order valence-corrected chi connectivity index (χ3v) is 2.75. The van der Waals surface area contributed by atoms with Gasteiger partial charge in [0, 0.05) is 25.2 Å². The van der Waals surface area contributed by atoms with Crippen molar-refractivity contribution in [2.24, 2.45) is 0 Å². The zero-order valence-corrected chi connectivity index (χ0v) is 11.9. The smallest absolute Gasteiger partial charge is 0.270 e. The molecule has 6 heteroatoms. The average molecular weight is 278 g/mol. The van der Waals surface area contributed by atoms with Crippen LogP contribution in [0.2, 0.25) is 0 Å². The number of hydrogen-bond acceptors (Lipinski definition) is 4. The first-order valence-electron chi connectivity index (χ1n) is 6.16. The van der Waals surface area contributed by atoms with Crippen LogP contribution in [0, 0.1) is 10.1 Å². The summed E-state index contributed by atoms with van der Waals surface area (Å²) in [6, 6.07) is 3.98. The Labute approximate surface area is 117 Å². The van der Waals surface area contributed by atoms with Gasteiger partial charge in [-0.05, 0) is 19.9 Å². The zero-order valence-electron chi connectivity index (χ0n) is 11.9. The number of hydrogen-bond donors (Lipinski definition) is 0. The summed E-state index contributed by atoms with van der Waals surface area (Å²) < 4.78 is 5.11. The molecule has 108 valence electrons. The molecule has 20 heavy (non-hydrogen) atoms. The van der Waals surface area contributed by atoms with E-state index < -0.39 is 4.92 Å². The molecule has 0 aromatic heterocycles. The molecule has 1 rings (SSSR count). The fourth-order valence-electron chi connectivity index (χ4n) is 1.80. The van der Waals surface area contributed by atoms with Gasteiger partial charge in [-0.15, -0.1) is 0 Å². The number of likely N-dealkylation sites (N-methyl/N-ethyl adjacent to an activating group) is 1. The summed E-state index contributed by atoms with van der Waals surface area (Å²) in [4.78, 5) is 24.3. The van der Waals surface area contributed by atoms with Crippen LogP contribution >= 0.6 is 0 Å². The molecule has 1 aromatic carbocycles. The maximum Gasteiger partial charge on any atom is 0.270 e. The van der Waals surface area contributed by atoms with Gasteiger partial charge in [0.2, 0.25) is 0 Å². The zero-order chi connectivity index (χ0) is 15.3. The number of nitro groups is 1. The molecule has 0 saturated heterocycles. The third-order valence-electron chi connectivity index (χ3n) is 2.75. The van der Waals surface area contributed by atoms with Gasteiger partial charge in [-0.2, -0.15) is 0 Å². The van der Waals surface area contributed by atoms with Crippen molar-refractivity contribution in [1.82, 2.24) is 4.90 Å². The summed E-state index contributed by atoms with van der Waals surface area (Å²) in [7, 11) is 1.42. The highest BCUT2D eigenvalue weighted by Crippen LogP contribution is 2.25. The van der Waals surface area contributed by atoms with Crippen molar-refractivity contribution in [1.29, 1.82) is 0 Å². The molecule has 0 aliphatic heterocycles. The summed E-state index contributed by atoms with van der Waals surface area (Å²) in [6.45, 7) is 8.32. The van der Waals surface area contributed by atoms with Crippen LogP contribution in [0.4, 0.5) is 5.69 Å². The topological polar surface area (TPSA) is 72.7 Å². The maximum absolute atomic E-state index is 12.4. The molecule has 0 radical (unpaired) electrons. The van der Waals surface area contributed by atoms with Crippen molar-refractivity contribution in [2.75, 3.05) is 20.2 Å². The Morgan fingerprint density at radius 2 is 2.15 bits per heavy atom. The van der Waals surface area contributed by atoms with Gasteiger partial charge in [0.25, 0.3) is 11.6 Å². The van der Waals surface area contributed by atoms with Gasteiger partial charge >= 0.3 is 0 Å². The Bertz CT molecular complexity index is 540. The van der Waals surface area contributed by atoms with Gasteiger partial charge in [0.15, 0.2) is 0 Å². The van der Waals surface area contributed by atoms with Crippen LogP contribution in [0.5, 0.6) is 5.75 Å². The maximum atomic E-state index is 12.4. The lowest BCUT2D eigenvalue weighted by atomic mass is 10.1. The number of ether oxygens (including phenoxy) is 1. The summed E-state index contributed by atoms with van der Waals surface area (Å²) >= 11 is 0. The SMILES string of the molecule is C=C(C)CN(CC)C(=O)c1cc([N+](=O)[O-])ccc1OC. The Kier molecular flexibility index (Phi) is 5.25. The minimum absolute atomic E-state index is 0.138. The summed E-state index contributed by atoms with van der Waals surface area (Å²) in [6.07, 6.45) is 0. The number of amides is 1. The summed E-state index contributed by atoms with van der Waals surface area (Å²) in [5, 5.41) is 10.8. The molecule has 0 N–H and O–H groups in total. The largest absolute Gasteiger partial charge is 0.496 e.